The van der Waals surface area contributed by atoms with Gasteiger partial charge < -0.3 is 10.1 Å². The van der Waals surface area contributed by atoms with Crippen LogP contribution in [0.4, 0.5) is 0 Å². The number of hydrogen-bond donors (Lipinski definition) is 1. The first-order valence-corrected chi connectivity index (χ1v) is 8.11. The van der Waals surface area contributed by atoms with Crippen molar-refractivity contribution >= 4 is 5.91 Å². The standard InChI is InChI=1S/C17H22N4O2/c22-17(6-3-8-21-13-18-12-20-21)19-11-14-7-9-23-16-5-2-1-4-15(16)10-14/h1-2,4-5,12-14H,3,6-11H2,(H,19,22). The van der Waals surface area contributed by atoms with E-state index in [4.69, 9.17) is 4.74 Å². The molecule has 1 amide bonds. The van der Waals surface area contributed by atoms with Crippen LogP contribution in [0.15, 0.2) is 36.9 Å². The van der Waals surface area contributed by atoms with Crippen molar-refractivity contribution in [1.82, 2.24) is 20.1 Å². The fourth-order valence-corrected chi connectivity index (χ4v) is 2.83. The molecule has 0 saturated carbocycles. The molecular weight excluding hydrogens is 292 g/mol. The molecule has 1 atom stereocenters. The summed E-state index contributed by atoms with van der Waals surface area (Å²) in [5, 5.41) is 7.08. The molecule has 0 radical (unpaired) electrons. The lowest BCUT2D eigenvalue weighted by Gasteiger charge is -2.14. The number of rotatable bonds is 6. The smallest absolute Gasteiger partial charge is 0.220 e. The summed E-state index contributed by atoms with van der Waals surface area (Å²) >= 11 is 0. The van der Waals surface area contributed by atoms with E-state index in [1.54, 1.807) is 11.0 Å². The summed E-state index contributed by atoms with van der Waals surface area (Å²) in [6.45, 7) is 2.14. The van der Waals surface area contributed by atoms with E-state index in [2.05, 4.69) is 21.5 Å². The molecule has 1 aromatic carbocycles. The third-order valence-electron chi connectivity index (χ3n) is 4.11. The summed E-state index contributed by atoms with van der Waals surface area (Å²) in [7, 11) is 0. The van der Waals surface area contributed by atoms with Crippen molar-refractivity contribution < 1.29 is 9.53 Å². The summed E-state index contributed by atoms with van der Waals surface area (Å²) in [4.78, 5) is 15.8. The molecule has 122 valence electrons. The molecular formula is C17H22N4O2. The Bertz CT molecular complexity index is 627. The Kier molecular flexibility index (Phi) is 5.24. The fraction of sp³-hybridized carbons (Fsp3) is 0.471. The lowest BCUT2D eigenvalue weighted by molar-refractivity contribution is -0.121. The number of nitrogens with zero attached hydrogens (tertiary/aromatic N) is 3. The Morgan fingerprint density at radius 3 is 3.17 bits per heavy atom. The number of benzene rings is 1. The number of hydrogen-bond acceptors (Lipinski definition) is 4. The number of aryl methyl sites for hydroxylation is 1. The van der Waals surface area contributed by atoms with Gasteiger partial charge >= 0.3 is 0 Å². The molecule has 3 rings (SSSR count). The van der Waals surface area contributed by atoms with E-state index in [0.717, 1.165) is 31.6 Å². The van der Waals surface area contributed by atoms with Crippen molar-refractivity contribution in [2.45, 2.75) is 32.2 Å². The predicted octanol–water partition coefficient (Wildman–Crippen LogP) is 1.82. The SMILES string of the molecule is O=C(CCCn1cncn1)NCC1CCOc2ccccc2C1. The Morgan fingerprint density at radius 2 is 2.30 bits per heavy atom. The average molecular weight is 314 g/mol. The molecule has 6 heteroatoms. The van der Waals surface area contributed by atoms with E-state index < -0.39 is 0 Å². The maximum atomic E-state index is 12.0. The molecule has 1 aliphatic rings. The van der Waals surface area contributed by atoms with Crippen molar-refractivity contribution in [1.29, 1.82) is 0 Å². The zero-order valence-electron chi connectivity index (χ0n) is 13.1. The highest BCUT2D eigenvalue weighted by Crippen LogP contribution is 2.26. The van der Waals surface area contributed by atoms with E-state index in [9.17, 15) is 4.79 Å². The van der Waals surface area contributed by atoms with E-state index >= 15 is 0 Å². The van der Waals surface area contributed by atoms with E-state index in [1.807, 2.05) is 18.2 Å². The van der Waals surface area contributed by atoms with Crippen molar-refractivity contribution in [3.8, 4) is 5.75 Å². The van der Waals surface area contributed by atoms with Gasteiger partial charge in [-0.2, -0.15) is 5.10 Å². The molecule has 23 heavy (non-hydrogen) atoms. The summed E-state index contributed by atoms with van der Waals surface area (Å²) in [6, 6.07) is 8.15. The molecule has 1 unspecified atom stereocenters. The van der Waals surface area contributed by atoms with Gasteiger partial charge in [0.15, 0.2) is 0 Å². The van der Waals surface area contributed by atoms with E-state index in [-0.39, 0.29) is 5.91 Å². The summed E-state index contributed by atoms with van der Waals surface area (Å²) < 4.78 is 7.51. The highest BCUT2D eigenvalue weighted by molar-refractivity contribution is 5.75. The van der Waals surface area contributed by atoms with Crippen LogP contribution in [-0.2, 0) is 17.8 Å². The van der Waals surface area contributed by atoms with Crippen LogP contribution in [0.3, 0.4) is 0 Å². The second kappa shape index (κ2) is 7.76. The molecule has 1 aliphatic heterocycles. The average Bonchev–Trinajstić information content (AvgIpc) is 2.98. The van der Waals surface area contributed by atoms with Crippen molar-refractivity contribution in [2.24, 2.45) is 5.92 Å². The lowest BCUT2D eigenvalue weighted by atomic mass is 9.97. The number of fused-ring (bicyclic) bond motifs is 1. The van der Waals surface area contributed by atoms with Crippen LogP contribution >= 0.6 is 0 Å². The van der Waals surface area contributed by atoms with Crippen LogP contribution in [0.2, 0.25) is 0 Å². The highest BCUT2D eigenvalue weighted by atomic mass is 16.5. The number of aromatic nitrogens is 3. The van der Waals surface area contributed by atoms with Crippen molar-refractivity contribution in [3.63, 3.8) is 0 Å². The lowest BCUT2D eigenvalue weighted by Crippen LogP contribution is -2.30. The first kappa shape index (κ1) is 15.5. The number of amides is 1. The van der Waals surface area contributed by atoms with Crippen LogP contribution in [0.5, 0.6) is 5.75 Å². The minimum atomic E-state index is 0.101. The van der Waals surface area contributed by atoms with Gasteiger partial charge in [0.25, 0.3) is 0 Å². The van der Waals surface area contributed by atoms with Gasteiger partial charge in [0, 0.05) is 19.5 Å². The zero-order valence-corrected chi connectivity index (χ0v) is 13.1. The molecule has 0 bridgehead atoms. The number of carbonyl (C=O) groups is 1. The van der Waals surface area contributed by atoms with Gasteiger partial charge in [-0.3, -0.25) is 9.48 Å². The Labute approximate surface area is 135 Å². The number of nitrogens with one attached hydrogen (secondary N) is 1. The third kappa shape index (κ3) is 4.55. The molecule has 0 aliphatic carbocycles. The molecule has 1 aromatic heterocycles. The normalized spacial score (nSPS) is 17.0. The van der Waals surface area contributed by atoms with Gasteiger partial charge in [-0.1, -0.05) is 18.2 Å². The van der Waals surface area contributed by atoms with Crippen LogP contribution in [0, 0.1) is 5.92 Å². The monoisotopic (exact) mass is 314 g/mol. The molecule has 0 saturated heterocycles. The minimum absolute atomic E-state index is 0.101. The van der Waals surface area contributed by atoms with E-state index in [1.165, 1.54) is 11.9 Å². The first-order chi connectivity index (χ1) is 11.3. The van der Waals surface area contributed by atoms with Gasteiger partial charge in [-0.15, -0.1) is 0 Å². The Balaban J connectivity index is 1.40. The number of para-hydroxylation sites is 1. The van der Waals surface area contributed by atoms with Crippen LogP contribution in [0.25, 0.3) is 0 Å². The maximum Gasteiger partial charge on any atom is 0.220 e. The second-order valence-corrected chi connectivity index (χ2v) is 5.88. The maximum absolute atomic E-state index is 12.0. The summed E-state index contributed by atoms with van der Waals surface area (Å²) in [5.41, 5.74) is 1.23. The molecule has 1 N–H and O–H groups in total. The van der Waals surface area contributed by atoms with Crippen molar-refractivity contribution in [2.75, 3.05) is 13.2 Å². The van der Waals surface area contributed by atoms with Crippen molar-refractivity contribution in [3.05, 3.63) is 42.5 Å². The quantitative estimate of drug-likeness (QED) is 0.883. The first-order valence-electron chi connectivity index (χ1n) is 8.11. The van der Waals surface area contributed by atoms with Crippen LogP contribution in [-0.4, -0.2) is 33.8 Å². The topological polar surface area (TPSA) is 69.0 Å². The van der Waals surface area contributed by atoms with Gasteiger partial charge in [0.1, 0.15) is 18.4 Å². The highest BCUT2D eigenvalue weighted by Gasteiger charge is 2.17. The van der Waals surface area contributed by atoms with Gasteiger partial charge in [0.05, 0.1) is 6.61 Å². The molecule has 2 aromatic rings. The Hall–Kier alpha value is -2.37. The summed E-state index contributed by atoms with van der Waals surface area (Å²) in [6.07, 6.45) is 6.38. The fourth-order valence-electron chi connectivity index (χ4n) is 2.83. The molecule has 6 nitrogen and oxygen atoms in total. The number of carbonyl (C=O) groups excluding carboxylic acids is 1. The van der Waals surface area contributed by atoms with Gasteiger partial charge in [-0.25, -0.2) is 4.98 Å². The van der Waals surface area contributed by atoms with Crippen LogP contribution in [0.1, 0.15) is 24.8 Å². The molecule has 2 heterocycles. The third-order valence-corrected chi connectivity index (χ3v) is 4.11. The molecule has 0 spiro atoms. The van der Waals surface area contributed by atoms with Gasteiger partial charge in [-0.05, 0) is 36.8 Å². The largest absolute Gasteiger partial charge is 0.493 e. The summed E-state index contributed by atoms with van der Waals surface area (Å²) in [5.74, 6) is 1.51. The second-order valence-electron chi connectivity index (χ2n) is 5.88. The predicted molar refractivity (Wildman–Crippen MR) is 86.0 cm³/mol. The van der Waals surface area contributed by atoms with E-state index in [0.29, 0.717) is 25.5 Å². The molecule has 0 fully saturated rings. The van der Waals surface area contributed by atoms with Crippen LogP contribution < -0.4 is 10.1 Å². The minimum Gasteiger partial charge on any atom is -0.493 e. The number of ether oxygens (including phenoxy) is 1. The van der Waals surface area contributed by atoms with Gasteiger partial charge in [0.2, 0.25) is 5.91 Å². The Morgan fingerprint density at radius 1 is 1.39 bits per heavy atom. The zero-order chi connectivity index (χ0) is 15.9.